The normalized spacial score (nSPS) is 37.2. The molecule has 0 heterocycles. The van der Waals surface area contributed by atoms with Gasteiger partial charge < -0.3 is 15.1 Å². The molecule has 4 rings (SSSR count). The van der Waals surface area contributed by atoms with Crippen LogP contribution in [-0.4, -0.2) is 40.4 Å². The molecular weight excluding hydrogens is 470 g/mol. The first-order valence-electron chi connectivity index (χ1n) is 16.4. The molecule has 3 fully saturated rings. The smallest absolute Gasteiger partial charge is 0.407 e. The van der Waals surface area contributed by atoms with Crippen molar-refractivity contribution >= 4 is 6.09 Å². The molecule has 0 spiro atoms. The van der Waals surface area contributed by atoms with Crippen LogP contribution in [0.25, 0.3) is 0 Å². The molecule has 4 heteroatoms. The van der Waals surface area contributed by atoms with Crippen LogP contribution in [0.4, 0.5) is 4.79 Å². The van der Waals surface area contributed by atoms with Crippen LogP contribution in [0.5, 0.6) is 0 Å². The summed E-state index contributed by atoms with van der Waals surface area (Å²) in [5.74, 6) is 5.06. The molecule has 0 aromatic carbocycles. The number of allylic oxidation sites excluding steroid dienone is 1. The van der Waals surface area contributed by atoms with Crippen LogP contribution in [0, 0.1) is 46.3 Å². The fraction of sp³-hybridized carbons (Fsp3) is 0.912. The maximum Gasteiger partial charge on any atom is 0.407 e. The van der Waals surface area contributed by atoms with Crippen molar-refractivity contribution in [3.8, 4) is 0 Å². The van der Waals surface area contributed by atoms with Crippen molar-refractivity contribution in [3.05, 3.63) is 11.6 Å². The van der Waals surface area contributed by atoms with E-state index >= 15 is 0 Å². The first-order chi connectivity index (χ1) is 18.1. The van der Waals surface area contributed by atoms with E-state index in [0.717, 1.165) is 80.5 Å². The second-order valence-corrected chi connectivity index (χ2v) is 14.8. The van der Waals surface area contributed by atoms with Gasteiger partial charge in [-0.05, 0) is 111 Å². The Kier molecular flexibility index (Phi) is 9.97. The Hall–Kier alpha value is -1.03. The number of aliphatic hydroxyl groups is 1. The third kappa shape index (κ3) is 6.01. The summed E-state index contributed by atoms with van der Waals surface area (Å²) in [5.41, 5.74) is 2.38. The van der Waals surface area contributed by atoms with Gasteiger partial charge in [-0.25, -0.2) is 4.79 Å². The lowest BCUT2D eigenvalue weighted by Crippen LogP contribution is -2.52. The highest BCUT2D eigenvalue weighted by atomic mass is 16.4. The molecule has 0 saturated heterocycles. The van der Waals surface area contributed by atoms with Gasteiger partial charge in [-0.1, -0.05) is 78.4 Å². The van der Waals surface area contributed by atoms with Crippen molar-refractivity contribution in [1.29, 1.82) is 0 Å². The van der Waals surface area contributed by atoms with Gasteiger partial charge in [0.1, 0.15) is 0 Å². The van der Waals surface area contributed by atoms with Crippen LogP contribution in [0.3, 0.4) is 0 Å². The van der Waals surface area contributed by atoms with Crippen LogP contribution < -0.4 is 0 Å². The number of carbonyl (C=O) groups is 1. The third-order valence-electron chi connectivity index (χ3n) is 12.3. The van der Waals surface area contributed by atoms with E-state index in [9.17, 15) is 9.90 Å². The predicted molar refractivity (Wildman–Crippen MR) is 157 cm³/mol. The van der Waals surface area contributed by atoms with Crippen molar-refractivity contribution in [2.45, 2.75) is 137 Å². The maximum atomic E-state index is 12.2. The second-order valence-electron chi connectivity index (χ2n) is 14.8. The van der Waals surface area contributed by atoms with Crippen molar-refractivity contribution in [2.24, 2.45) is 46.3 Å². The molecule has 218 valence electrons. The molecule has 8 atom stereocenters. The summed E-state index contributed by atoms with van der Waals surface area (Å²) in [6.45, 7) is 13.4. The van der Waals surface area contributed by atoms with Crippen LogP contribution >= 0.6 is 0 Å². The van der Waals surface area contributed by atoms with Gasteiger partial charge in [0.15, 0.2) is 0 Å². The molecule has 0 bridgehead atoms. The number of amides is 1. The summed E-state index contributed by atoms with van der Waals surface area (Å²) in [5, 5.41) is 19.0. The fourth-order valence-electron chi connectivity index (χ4n) is 10.1. The molecule has 38 heavy (non-hydrogen) atoms. The summed E-state index contributed by atoms with van der Waals surface area (Å²) in [7, 11) is 0. The minimum atomic E-state index is -0.747. The van der Waals surface area contributed by atoms with Gasteiger partial charge in [0, 0.05) is 19.2 Å². The lowest BCUT2D eigenvalue weighted by atomic mass is 9.46. The Morgan fingerprint density at radius 3 is 2.45 bits per heavy atom. The number of hydrogen-bond acceptors (Lipinski definition) is 2. The van der Waals surface area contributed by atoms with Gasteiger partial charge in [-0.15, -0.1) is 0 Å². The van der Waals surface area contributed by atoms with E-state index < -0.39 is 6.09 Å². The number of aliphatic hydroxyl groups excluding tert-OH is 1. The Bertz CT molecular complexity index is 823. The molecule has 2 N–H and O–H groups in total. The summed E-state index contributed by atoms with van der Waals surface area (Å²) in [6, 6.07) is 0.137. The fourth-order valence-corrected chi connectivity index (χ4v) is 10.1. The van der Waals surface area contributed by atoms with Crippen LogP contribution in [0.15, 0.2) is 11.6 Å². The average molecular weight is 530 g/mol. The van der Waals surface area contributed by atoms with E-state index in [0.29, 0.717) is 12.0 Å². The van der Waals surface area contributed by atoms with E-state index in [1.807, 2.05) is 0 Å². The lowest BCUT2D eigenvalue weighted by molar-refractivity contribution is -0.0541. The number of carboxylic acid groups (broad SMARTS) is 1. The van der Waals surface area contributed by atoms with Gasteiger partial charge in [-0.2, -0.15) is 0 Å². The molecule has 4 unspecified atom stereocenters. The van der Waals surface area contributed by atoms with Gasteiger partial charge in [-0.3, -0.25) is 0 Å². The second kappa shape index (κ2) is 12.6. The van der Waals surface area contributed by atoms with Crippen LogP contribution in [-0.2, 0) is 0 Å². The SMILES string of the molecule is CC(C)CCC[C@@H](C)[C@H]1CCC2C3CC=C4CC(N(CCCCCCO)C(=O)O)CC[C@]4(C)C3CC[C@@]21C. The zero-order valence-electron chi connectivity index (χ0n) is 25.4. The highest BCUT2D eigenvalue weighted by Gasteiger charge is 2.59. The summed E-state index contributed by atoms with van der Waals surface area (Å²) in [4.78, 5) is 14.0. The molecular formula is C34H59NO3. The third-order valence-corrected chi connectivity index (χ3v) is 12.3. The van der Waals surface area contributed by atoms with E-state index in [-0.39, 0.29) is 18.1 Å². The first kappa shape index (κ1) is 29.9. The van der Waals surface area contributed by atoms with E-state index in [2.05, 4.69) is 40.7 Å². The summed E-state index contributed by atoms with van der Waals surface area (Å²) >= 11 is 0. The number of unbranched alkanes of at least 4 members (excludes halogenated alkanes) is 3. The zero-order valence-corrected chi connectivity index (χ0v) is 25.4. The minimum Gasteiger partial charge on any atom is -0.465 e. The number of nitrogens with zero attached hydrogens (tertiary/aromatic N) is 1. The lowest BCUT2D eigenvalue weighted by Gasteiger charge is -2.59. The van der Waals surface area contributed by atoms with Crippen LogP contribution in [0.1, 0.15) is 131 Å². The number of rotatable bonds is 12. The standard InChI is InChI=1S/C34H59NO3/c1-24(2)11-10-12-25(3)29-15-16-30-28-14-13-26-23-27(35(32(37)38)21-8-6-7-9-22-36)17-19-33(26,4)31(28)18-20-34(29,30)5/h13,24-25,27-31,36H,6-12,14-23H2,1-5H3,(H,37,38)/t25-,27?,28?,29-,30?,31?,33+,34-/m1/s1. The van der Waals surface area contributed by atoms with Crippen molar-refractivity contribution < 1.29 is 15.0 Å². The van der Waals surface area contributed by atoms with Crippen LogP contribution in [0.2, 0.25) is 0 Å². The van der Waals surface area contributed by atoms with Gasteiger partial charge in [0.2, 0.25) is 0 Å². The van der Waals surface area contributed by atoms with Crippen molar-refractivity contribution in [2.75, 3.05) is 13.2 Å². The summed E-state index contributed by atoms with van der Waals surface area (Å²) < 4.78 is 0. The van der Waals surface area contributed by atoms with Crippen molar-refractivity contribution in [3.63, 3.8) is 0 Å². The average Bonchev–Trinajstić information content (AvgIpc) is 3.23. The maximum absolute atomic E-state index is 12.2. The number of fused-ring (bicyclic) bond motifs is 5. The Balaban J connectivity index is 1.41. The molecule has 1 amide bonds. The molecule has 4 nitrogen and oxygen atoms in total. The number of hydrogen-bond donors (Lipinski definition) is 2. The zero-order chi connectivity index (χ0) is 27.5. The van der Waals surface area contributed by atoms with Gasteiger partial charge in [0.25, 0.3) is 0 Å². The molecule has 0 aromatic rings. The van der Waals surface area contributed by atoms with E-state index in [4.69, 9.17) is 5.11 Å². The molecule has 4 aliphatic rings. The Morgan fingerprint density at radius 2 is 1.74 bits per heavy atom. The molecule has 0 aromatic heterocycles. The highest BCUT2D eigenvalue weighted by Crippen LogP contribution is 2.67. The van der Waals surface area contributed by atoms with E-state index in [1.54, 1.807) is 10.5 Å². The largest absolute Gasteiger partial charge is 0.465 e. The first-order valence-corrected chi connectivity index (χ1v) is 16.4. The Morgan fingerprint density at radius 1 is 0.974 bits per heavy atom. The minimum absolute atomic E-state index is 0.137. The van der Waals surface area contributed by atoms with Gasteiger partial charge in [0.05, 0.1) is 0 Å². The van der Waals surface area contributed by atoms with Gasteiger partial charge >= 0.3 is 6.09 Å². The van der Waals surface area contributed by atoms with Crippen molar-refractivity contribution in [1.82, 2.24) is 4.90 Å². The predicted octanol–water partition coefficient (Wildman–Crippen LogP) is 8.93. The topological polar surface area (TPSA) is 60.8 Å². The molecule has 4 aliphatic carbocycles. The molecule has 0 radical (unpaired) electrons. The Labute approximate surface area is 234 Å². The van der Waals surface area contributed by atoms with E-state index in [1.165, 1.54) is 51.4 Å². The monoisotopic (exact) mass is 529 g/mol. The molecule has 3 saturated carbocycles. The quantitative estimate of drug-likeness (QED) is 0.196. The highest BCUT2D eigenvalue weighted by molar-refractivity contribution is 5.65. The summed E-state index contributed by atoms with van der Waals surface area (Å²) in [6.07, 6.45) is 19.7. The molecule has 0 aliphatic heterocycles.